The van der Waals surface area contributed by atoms with Gasteiger partial charge in [-0.05, 0) is 32.4 Å². The van der Waals surface area contributed by atoms with Gasteiger partial charge in [0.15, 0.2) is 0 Å². The molecule has 1 saturated heterocycles. The molecule has 1 rings (SSSR count). The highest BCUT2D eigenvalue weighted by Crippen LogP contribution is 2.13. The summed E-state index contributed by atoms with van der Waals surface area (Å²) < 4.78 is 0. The first kappa shape index (κ1) is 14.0. The number of rotatable bonds is 8. The molecule has 1 heterocycles. The van der Waals surface area contributed by atoms with Crippen molar-refractivity contribution in [3.63, 3.8) is 0 Å². The first-order valence-electron chi connectivity index (χ1n) is 7.36. The number of hydrogen-bond acceptors (Lipinski definition) is 2. The van der Waals surface area contributed by atoms with Crippen LogP contribution >= 0.6 is 0 Å². The van der Waals surface area contributed by atoms with Gasteiger partial charge < -0.3 is 5.32 Å². The fourth-order valence-electron chi connectivity index (χ4n) is 2.54. The molecule has 0 spiro atoms. The summed E-state index contributed by atoms with van der Waals surface area (Å²) in [7, 11) is 0. The third kappa shape index (κ3) is 5.31. The Hall–Kier alpha value is -0.0800. The zero-order valence-corrected chi connectivity index (χ0v) is 11.3. The van der Waals surface area contributed by atoms with Gasteiger partial charge in [-0.15, -0.1) is 0 Å². The number of nitrogens with zero attached hydrogens (tertiary/aromatic N) is 1. The molecule has 0 aromatic heterocycles. The van der Waals surface area contributed by atoms with Gasteiger partial charge in [-0.1, -0.05) is 46.0 Å². The van der Waals surface area contributed by atoms with Crippen molar-refractivity contribution in [3.05, 3.63) is 0 Å². The monoisotopic (exact) mass is 226 g/mol. The normalized spacial score (nSPS) is 22.5. The molecule has 0 aromatic carbocycles. The van der Waals surface area contributed by atoms with Gasteiger partial charge in [-0.25, -0.2) is 0 Å². The fraction of sp³-hybridized carbons (Fsp3) is 1.00. The van der Waals surface area contributed by atoms with Crippen LogP contribution in [0.4, 0.5) is 0 Å². The summed E-state index contributed by atoms with van der Waals surface area (Å²) in [6.07, 6.45) is 11.6. The van der Waals surface area contributed by atoms with Crippen LogP contribution in [-0.2, 0) is 0 Å². The Bertz CT molecular complexity index is 141. The van der Waals surface area contributed by atoms with Crippen molar-refractivity contribution >= 4 is 0 Å². The lowest BCUT2D eigenvalue weighted by Gasteiger charge is -2.36. The van der Waals surface area contributed by atoms with Gasteiger partial charge in [0.25, 0.3) is 0 Å². The molecule has 96 valence electrons. The van der Waals surface area contributed by atoms with E-state index in [9.17, 15) is 0 Å². The zero-order valence-electron chi connectivity index (χ0n) is 11.3. The van der Waals surface area contributed by atoms with Crippen LogP contribution in [0.2, 0.25) is 0 Å². The quantitative estimate of drug-likeness (QED) is 0.638. The molecule has 16 heavy (non-hydrogen) atoms. The molecule has 1 unspecified atom stereocenters. The van der Waals surface area contributed by atoms with E-state index in [1.165, 1.54) is 71.0 Å². The second-order valence-electron chi connectivity index (χ2n) is 5.06. The van der Waals surface area contributed by atoms with Gasteiger partial charge in [0.1, 0.15) is 0 Å². The van der Waals surface area contributed by atoms with Crippen molar-refractivity contribution in [2.45, 2.75) is 71.4 Å². The fourth-order valence-corrected chi connectivity index (χ4v) is 2.54. The minimum atomic E-state index is 0.678. The minimum Gasteiger partial charge on any atom is -0.302 e. The van der Waals surface area contributed by atoms with Crippen molar-refractivity contribution in [2.24, 2.45) is 0 Å². The van der Waals surface area contributed by atoms with E-state index in [-0.39, 0.29) is 0 Å². The van der Waals surface area contributed by atoms with Gasteiger partial charge in [-0.2, -0.15) is 0 Å². The Morgan fingerprint density at radius 2 is 1.81 bits per heavy atom. The molecule has 2 nitrogen and oxygen atoms in total. The summed E-state index contributed by atoms with van der Waals surface area (Å²) in [5, 5.41) is 3.68. The molecule has 1 fully saturated rings. The molecule has 0 aromatic rings. The molecule has 0 radical (unpaired) electrons. The summed E-state index contributed by atoms with van der Waals surface area (Å²) in [6.45, 7) is 8.41. The summed E-state index contributed by atoms with van der Waals surface area (Å²) in [5.41, 5.74) is 0. The SMILES string of the molecule is CCCCCC1NCCCN1CCCCC. The smallest absolute Gasteiger partial charge is 0.0597 e. The van der Waals surface area contributed by atoms with Gasteiger partial charge in [0, 0.05) is 6.54 Å². The minimum absolute atomic E-state index is 0.678. The van der Waals surface area contributed by atoms with Gasteiger partial charge >= 0.3 is 0 Å². The van der Waals surface area contributed by atoms with E-state index in [0.29, 0.717) is 6.17 Å². The molecule has 1 aliphatic rings. The van der Waals surface area contributed by atoms with Crippen LogP contribution in [0.3, 0.4) is 0 Å². The van der Waals surface area contributed by atoms with E-state index in [1.807, 2.05) is 0 Å². The molecule has 1 aliphatic heterocycles. The topological polar surface area (TPSA) is 15.3 Å². The number of unbranched alkanes of at least 4 members (excludes halogenated alkanes) is 4. The van der Waals surface area contributed by atoms with E-state index in [1.54, 1.807) is 0 Å². The summed E-state index contributed by atoms with van der Waals surface area (Å²) in [6, 6.07) is 0. The van der Waals surface area contributed by atoms with Crippen LogP contribution in [0.15, 0.2) is 0 Å². The summed E-state index contributed by atoms with van der Waals surface area (Å²) in [4.78, 5) is 2.68. The second kappa shape index (κ2) is 9.00. The summed E-state index contributed by atoms with van der Waals surface area (Å²) >= 11 is 0. The van der Waals surface area contributed by atoms with Gasteiger partial charge in [0.05, 0.1) is 6.17 Å². The maximum Gasteiger partial charge on any atom is 0.0597 e. The van der Waals surface area contributed by atoms with E-state index < -0.39 is 0 Å². The van der Waals surface area contributed by atoms with Crippen LogP contribution in [-0.4, -0.2) is 30.7 Å². The Morgan fingerprint density at radius 3 is 2.56 bits per heavy atom. The van der Waals surface area contributed by atoms with E-state index in [0.717, 1.165) is 0 Å². The van der Waals surface area contributed by atoms with Crippen molar-refractivity contribution in [2.75, 3.05) is 19.6 Å². The lowest BCUT2D eigenvalue weighted by atomic mass is 10.1. The van der Waals surface area contributed by atoms with Gasteiger partial charge in [0.2, 0.25) is 0 Å². The van der Waals surface area contributed by atoms with Crippen LogP contribution in [0, 0.1) is 0 Å². The van der Waals surface area contributed by atoms with E-state index in [2.05, 4.69) is 24.1 Å². The predicted octanol–water partition coefficient (Wildman–Crippen LogP) is 3.38. The standard InChI is InChI=1S/C14H30N2/c1-3-5-7-10-14-15-11-9-13-16(14)12-8-6-4-2/h14-15H,3-13H2,1-2H3. The van der Waals surface area contributed by atoms with Gasteiger partial charge in [-0.3, -0.25) is 4.90 Å². The molecule has 2 heteroatoms. The van der Waals surface area contributed by atoms with Crippen molar-refractivity contribution in [1.29, 1.82) is 0 Å². The van der Waals surface area contributed by atoms with E-state index in [4.69, 9.17) is 0 Å². The lowest BCUT2D eigenvalue weighted by molar-refractivity contribution is 0.118. The molecular formula is C14H30N2. The Morgan fingerprint density at radius 1 is 1.06 bits per heavy atom. The first-order chi connectivity index (χ1) is 7.88. The van der Waals surface area contributed by atoms with Crippen molar-refractivity contribution < 1.29 is 0 Å². The van der Waals surface area contributed by atoms with E-state index >= 15 is 0 Å². The van der Waals surface area contributed by atoms with Crippen LogP contribution in [0.5, 0.6) is 0 Å². The number of nitrogens with one attached hydrogen (secondary N) is 1. The predicted molar refractivity (Wildman–Crippen MR) is 71.6 cm³/mol. The Balaban J connectivity index is 2.20. The number of hydrogen-bond donors (Lipinski definition) is 1. The molecule has 0 amide bonds. The largest absolute Gasteiger partial charge is 0.302 e. The third-order valence-corrected chi connectivity index (χ3v) is 3.57. The molecule has 0 saturated carbocycles. The highest BCUT2D eigenvalue weighted by atomic mass is 15.3. The molecule has 1 atom stereocenters. The molecule has 0 bridgehead atoms. The third-order valence-electron chi connectivity index (χ3n) is 3.57. The average molecular weight is 226 g/mol. The highest BCUT2D eigenvalue weighted by molar-refractivity contribution is 4.75. The van der Waals surface area contributed by atoms with Crippen molar-refractivity contribution in [1.82, 2.24) is 10.2 Å². The molecule has 1 N–H and O–H groups in total. The van der Waals surface area contributed by atoms with Crippen LogP contribution in [0.25, 0.3) is 0 Å². The first-order valence-corrected chi connectivity index (χ1v) is 7.36. The Kier molecular flexibility index (Phi) is 7.87. The lowest BCUT2D eigenvalue weighted by Crippen LogP contribution is -2.51. The summed E-state index contributed by atoms with van der Waals surface area (Å²) in [5.74, 6) is 0. The van der Waals surface area contributed by atoms with Crippen LogP contribution in [0.1, 0.15) is 65.2 Å². The zero-order chi connectivity index (χ0) is 11.6. The molecule has 0 aliphatic carbocycles. The van der Waals surface area contributed by atoms with Crippen LogP contribution < -0.4 is 5.32 Å². The second-order valence-corrected chi connectivity index (χ2v) is 5.06. The average Bonchev–Trinajstić information content (AvgIpc) is 2.32. The highest BCUT2D eigenvalue weighted by Gasteiger charge is 2.20. The maximum atomic E-state index is 3.68. The van der Waals surface area contributed by atoms with Crippen molar-refractivity contribution in [3.8, 4) is 0 Å². The maximum absolute atomic E-state index is 3.68. The Labute approximate surface area is 102 Å². The molecular weight excluding hydrogens is 196 g/mol.